The molecule has 6 heteroatoms. The third kappa shape index (κ3) is 4.19. The first-order valence-corrected chi connectivity index (χ1v) is 11.2. The second-order valence-electron chi connectivity index (χ2n) is 8.89. The molecule has 3 aromatic rings. The Kier molecular flexibility index (Phi) is 5.44. The van der Waals surface area contributed by atoms with Crippen LogP contribution in [0.15, 0.2) is 42.7 Å². The highest BCUT2D eigenvalue weighted by Gasteiger charge is 2.25. The Bertz CT molecular complexity index is 1140. The van der Waals surface area contributed by atoms with Crippen molar-refractivity contribution in [3.63, 3.8) is 0 Å². The Labute approximate surface area is 182 Å². The molecule has 0 radical (unpaired) electrons. The third-order valence-corrected chi connectivity index (χ3v) is 6.85. The number of H-pyrrole nitrogens is 1. The van der Waals surface area contributed by atoms with E-state index in [0.29, 0.717) is 5.56 Å². The van der Waals surface area contributed by atoms with Gasteiger partial charge in [-0.05, 0) is 80.0 Å². The number of nitrogens with zero attached hydrogens (tertiary/aromatic N) is 3. The minimum absolute atomic E-state index is 0.00531. The van der Waals surface area contributed by atoms with Crippen molar-refractivity contribution in [3.8, 4) is 6.07 Å². The zero-order valence-electron chi connectivity index (χ0n) is 17.6. The van der Waals surface area contributed by atoms with Gasteiger partial charge >= 0.3 is 0 Å². The molecule has 1 aromatic carbocycles. The summed E-state index contributed by atoms with van der Waals surface area (Å²) in [6.07, 6.45) is 9.11. The van der Waals surface area contributed by atoms with E-state index in [-0.39, 0.29) is 11.9 Å². The van der Waals surface area contributed by atoms with E-state index < -0.39 is 0 Å². The van der Waals surface area contributed by atoms with E-state index >= 15 is 0 Å². The minimum Gasteiger partial charge on any atom is -0.349 e. The molecule has 31 heavy (non-hydrogen) atoms. The van der Waals surface area contributed by atoms with Crippen LogP contribution in [0, 0.1) is 17.2 Å². The molecule has 158 valence electrons. The summed E-state index contributed by atoms with van der Waals surface area (Å²) in [5.41, 5.74) is 4.85. The van der Waals surface area contributed by atoms with Crippen molar-refractivity contribution in [3.05, 3.63) is 65.0 Å². The molecule has 0 saturated heterocycles. The molecule has 6 nitrogen and oxygen atoms in total. The molecule has 1 aliphatic heterocycles. The molecule has 0 bridgehead atoms. The van der Waals surface area contributed by atoms with E-state index in [2.05, 4.69) is 32.3 Å². The maximum absolute atomic E-state index is 12.7. The largest absolute Gasteiger partial charge is 0.349 e. The molecule has 1 saturated carbocycles. The molecule has 0 unspecified atom stereocenters. The van der Waals surface area contributed by atoms with Gasteiger partial charge in [0.1, 0.15) is 5.65 Å². The number of pyridine rings is 1. The van der Waals surface area contributed by atoms with Gasteiger partial charge in [0, 0.05) is 36.9 Å². The summed E-state index contributed by atoms with van der Waals surface area (Å²) in [5.74, 6) is 0.720. The standard InChI is InChI=1S/C25H27N5O/c26-13-18-3-6-19-15-30(16-20(19)12-18)11-9-17-4-7-21(8-5-17)29-25(31)23-14-28-24-22(23)2-1-10-27-24/h1-3,6,10,12,14,17,21H,4-5,7-9,11,15-16H2,(H,27,28)(H,29,31). The molecule has 1 aliphatic carbocycles. The van der Waals surface area contributed by atoms with Crippen molar-refractivity contribution in [2.45, 2.75) is 51.2 Å². The number of carbonyl (C=O) groups is 1. The Hall–Kier alpha value is -3.17. The van der Waals surface area contributed by atoms with Crippen molar-refractivity contribution in [1.29, 1.82) is 5.26 Å². The third-order valence-electron chi connectivity index (χ3n) is 6.85. The monoisotopic (exact) mass is 413 g/mol. The molecular formula is C25H27N5O. The van der Waals surface area contributed by atoms with Crippen LogP contribution in [0.1, 0.15) is 59.2 Å². The van der Waals surface area contributed by atoms with Crippen molar-refractivity contribution < 1.29 is 4.79 Å². The first-order valence-electron chi connectivity index (χ1n) is 11.2. The summed E-state index contributed by atoms with van der Waals surface area (Å²) >= 11 is 0. The van der Waals surface area contributed by atoms with Crippen LogP contribution in [-0.4, -0.2) is 33.4 Å². The van der Waals surface area contributed by atoms with Crippen LogP contribution in [0.3, 0.4) is 0 Å². The van der Waals surface area contributed by atoms with Crippen molar-refractivity contribution in [1.82, 2.24) is 20.2 Å². The second kappa shape index (κ2) is 8.52. The molecule has 1 amide bonds. The van der Waals surface area contributed by atoms with Crippen LogP contribution >= 0.6 is 0 Å². The molecule has 0 spiro atoms. The predicted octanol–water partition coefficient (Wildman–Crippen LogP) is 4.13. The normalized spacial score (nSPS) is 21.0. The Morgan fingerprint density at radius 3 is 2.87 bits per heavy atom. The number of benzene rings is 1. The molecule has 2 N–H and O–H groups in total. The highest BCUT2D eigenvalue weighted by Crippen LogP contribution is 2.30. The summed E-state index contributed by atoms with van der Waals surface area (Å²) in [5, 5.41) is 13.2. The van der Waals surface area contributed by atoms with E-state index in [1.807, 2.05) is 24.3 Å². The lowest BCUT2D eigenvalue weighted by Gasteiger charge is -2.30. The van der Waals surface area contributed by atoms with Gasteiger partial charge in [0.05, 0.1) is 17.2 Å². The maximum atomic E-state index is 12.7. The van der Waals surface area contributed by atoms with Gasteiger partial charge in [-0.15, -0.1) is 0 Å². The Morgan fingerprint density at radius 2 is 2.03 bits per heavy atom. The fourth-order valence-corrected chi connectivity index (χ4v) is 5.06. The first-order chi connectivity index (χ1) is 15.2. The lowest BCUT2D eigenvalue weighted by molar-refractivity contribution is 0.0921. The summed E-state index contributed by atoms with van der Waals surface area (Å²) in [6, 6.07) is 12.3. The smallest absolute Gasteiger partial charge is 0.253 e. The molecular weight excluding hydrogens is 386 g/mol. The van der Waals surface area contributed by atoms with Gasteiger partial charge in [0.25, 0.3) is 5.91 Å². The lowest BCUT2D eigenvalue weighted by Crippen LogP contribution is -2.38. The van der Waals surface area contributed by atoms with Gasteiger partial charge in [-0.1, -0.05) is 6.07 Å². The number of fused-ring (bicyclic) bond motifs is 2. The molecule has 2 aromatic heterocycles. The maximum Gasteiger partial charge on any atom is 0.253 e. The molecule has 1 fully saturated rings. The van der Waals surface area contributed by atoms with Gasteiger partial charge in [0.15, 0.2) is 0 Å². The van der Waals surface area contributed by atoms with Crippen LogP contribution in [-0.2, 0) is 13.1 Å². The number of amides is 1. The number of hydrogen-bond donors (Lipinski definition) is 2. The molecule has 3 heterocycles. The zero-order valence-corrected chi connectivity index (χ0v) is 17.6. The fraction of sp³-hybridized carbons (Fsp3) is 0.400. The Morgan fingerprint density at radius 1 is 1.19 bits per heavy atom. The topological polar surface area (TPSA) is 84.8 Å². The number of hydrogen-bond acceptors (Lipinski definition) is 4. The van der Waals surface area contributed by atoms with E-state index in [9.17, 15) is 4.79 Å². The SMILES string of the molecule is N#Cc1ccc2c(c1)CN(CCC1CCC(NC(=O)c3c[nH]c4ncccc34)CC1)C2. The van der Waals surface area contributed by atoms with Crippen LogP contribution in [0.2, 0.25) is 0 Å². The van der Waals surface area contributed by atoms with Gasteiger partial charge in [-0.2, -0.15) is 5.26 Å². The van der Waals surface area contributed by atoms with Gasteiger partial charge < -0.3 is 10.3 Å². The van der Waals surface area contributed by atoms with Crippen molar-refractivity contribution in [2.24, 2.45) is 5.92 Å². The molecule has 5 rings (SSSR count). The number of aromatic amines is 1. The molecule has 2 aliphatic rings. The van der Waals surface area contributed by atoms with Crippen LogP contribution in [0.4, 0.5) is 0 Å². The summed E-state index contributed by atoms with van der Waals surface area (Å²) in [7, 11) is 0. The highest BCUT2D eigenvalue weighted by atomic mass is 16.1. The number of rotatable bonds is 5. The number of aromatic nitrogens is 2. The quantitative estimate of drug-likeness (QED) is 0.659. The lowest BCUT2D eigenvalue weighted by atomic mass is 9.84. The van der Waals surface area contributed by atoms with E-state index in [4.69, 9.17) is 5.26 Å². The summed E-state index contributed by atoms with van der Waals surface area (Å²) in [6.45, 7) is 3.04. The predicted molar refractivity (Wildman–Crippen MR) is 119 cm³/mol. The second-order valence-corrected chi connectivity index (χ2v) is 8.89. The zero-order chi connectivity index (χ0) is 21.2. The van der Waals surface area contributed by atoms with E-state index in [0.717, 1.165) is 55.0 Å². The van der Waals surface area contributed by atoms with E-state index in [1.54, 1.807) is 12.4 Å². The Balaban J connectivity index is 1.08. The number of nitriles is 1. The van der Waals surface area contributed by atoms with Crippen LogP contribution in [0.5, 0.6) is 0 Å². The van der Waals surface area contributed by atoms with Gasteiger partial charge in [0.2, 0.25) is 0 Å². The number of nitrogens with one attached hydrogen (secondary N) is 2. The average Bonchev–Trinajstić information content (AvgIpc) is 3.42. The fourth-order valence-electron chi connectivity index (χ4n) is 5.06. The van der Waals surface area contributed by atoms with Crippen molar-refractivity contribution in [2.75, 3.05) is 6.54 Å². The average molecular weight is 414 g/mol. The highest BCUT2D eigenvalue weighted by molar-refractivity contribution is 6.05. The molecule has 0 atom stereocenters. The first kappa shape index (κ1) is 19.8. The summed E-state index contributed by atoms with van der Waals surface area (Å²) < 4.78 is 0. The minimum atomic E-state index is -0.00531. The number of carbonyl (C=O) groups excluding carboxylic acids is 1. The van der Waals surface area contributed by atoms with Crippen LogP contribution in [0.25, 0.3) is 11.0 Å². The van der Waals surface area contributed by atoms with Gasteiger partial charge in [-0.3, -0.25) is 9.69 Å². The van der Waals surface area contributed by atoms with Crippen molar-refractivity contribution >= 4 is 16.9 Å². The summed E-state index contributed by atoms with van der Waals surface area (Å²) in [4.78, 5) is 22.6. The van der Waals surface area contributed by atoms with Gasteiger partial charge in [-0.25, -0.2) is 4.98 Å². The van der Waals surface area contributed by atoms with Crippen LogP contribution < -0.4 is 5.32 Å². The van der Waals surface area contributed by atoms with E-state index in [1.165, 1.54) is 30.4 Å².